The molecule has 0 saturated carbocycles. The lowest BCUT2D eigenvalue weighted by Gasteiger charge is -2.25. The first-order valence-corrected chi connectivity index (χ1v) is 8.09. The molecule has 0 bridgehead atoms. The molecule has 0 atom stereocenters. The van der Waals surface area contributed by atoms with Crippen molar-refractivity contribution in [3.63, 3.8) is 0 Å². The van der Waals surface area contributed by atoms with E-state index in [2.05, 4.69) is 5.32 Å². The Balaban J connectivity index is 1.91. The lowest BCUT2D eigenvalue weighted by molar-refractivity contribution is -0.147. The zero-order chi connectivity index (χ0) is 19.6. The minimum atomic E-state index is -0.614. The predicted octanol–water partition coefficient (Wildman–Crippen LogP) is 1.90. The number of amides is 3. The minimum absolute atomic E-state index is 0.0483. The number of hydrogen-bond donors (Lipinski definition) is 1. The van der Waals surface area contributed by atoms with E-state index < -0.39 is 23.5 Å². The molecule has 136 valence electrons. The van der Waals surface area contributed by atoms with Gasteiger partial charge in [-0.05, 0) is 42.0 Å². The van der Waals surface area contributed by atoms with E-state index in [1.807, 2.05) is 0 Å². The fourth-order valence-corrected chi connectivity index (χ4v) is 2.66. The molecule has 1 N–H and O–H groups in total. The van der Waals surface area contributed by atoms with Gasteiger partial charge in [-0.25, -0.2) is 4.39 Å². The van der Waals surface area contributed by atoms with Crippen LogP contribution in [0.5, 0.6) is 0 Å². The smallest absolute Gasteiger partial charge is 0.277 e. The first-order valence-electron chi connectivity index (χ1n) is 8.09. The lowest BCUT2D eigenvalue weighted by Crippen LogP contribution is -2.51. The average molecular weight is 366 g/mol. The number of rotatable bonds is 3. The van der Waals surface area contributed by atoms with E-state index in [0.717, 1.165) is 4.90 Å². The molecule has 6 nitrogen and oxygen atoms in total. The summed E-state index contributed by atoms with van der Waals surface area (Å²) in [5.41, 5.74) is 1.12. The van der Waals surface area contributed by atoms with Gasteiger partial charge in [0.05, 0.1) is 0 Å². The van der Waals surface area contributed by atoms with Gasteiger partial charge >= 0.3 is 0 Å². The molecular formula is C20H15FN2O4. The fourth-order valence-electron chi connectivity index (χ4n) is 2.66. The van der Waals surface area contributed by atoms with Crippen LogP contribution < -0.4 is 5.32 Å². The van der Waals surface area contributed by atoms with Crippen molar-refractivity contribution in [2.24, 2.45) is 0 Å². The molecule has 1 fully saturated rings. The van der Waals surface area contributed by atoms with Gasteiger partial charge in [0.25, 0.3) is 5.91 Å². The van der Waals surface area contributed by atoms with Gasteiger partial charge in [0.1, 0.15) is 18.1 Å². The molecule has 0 radical (unpaired) electrons. The molecule has 0 aliphatic carbocycles. The Labute approximate surface area is 154 Å². The number of piperazine rings is 1. The summed E-state index contributed by atoms with van der Waals surface area (Å²) >= 11 is 0. The summed E-state index contributed by atoms with van der Waals surface area (Å²) in [7, 11) is 0. The number of hydrogen-bond acceptors (Lipinski definition) is 4. The van der Waals surface area contributed by atoms with Crippen LogP contribution in [0.1, 0.15) is 28.4 Å². The van der Waals surface area contributed by atoms with E-state index in [0.29, 0.717) is 16.7 Å². The highest BCUT2D eigenvalue weighted by Crippen LogP contribution is 2.16. The Morgan fingerprint density at radius 2 is 1.78 bits per heavy atom. The summed E-state index contributed by atoms with van der Waals surface area (Å²) in [6, 6.07) is 11.6. The fraction of sp³-hybridized carbons (Fsp3) is 0.100. The predicted molar refractivity (Wildman–Crippen MR) is 94.8 cm³/mol. The average Bonchev–Trinajstić information content (AvgIpc) is 2.64. The molecule has 1 aliphatic heterocycles. The number of benzene rings is 2. The van der Waals surface area contributed by atoms with Crippen molar-refractivity contribution in [2.45, 2.75) is 6.92 Å². The van der Waals surface area contributed by atoms with Crippen LogP contribution in [0.15, 0.2) is 54.2 Å². The number of nitrogens with one attached hydrogen (secondary N) is 1. The van der Waals surface area contributed by atoms with Gasteiger partial charge < -0.3 is 5.32 Å². The van der Waals surface area contributed by atoms with Crippen molar-refractivity contribution in [3.8, 4) is 0 Å². The number of nitrogens with zero attached hydrogens (tertiary/aromatic N) is 1. The molecule has 0 unspecified atom stereocenters. The van der Waals surface area contributed by atoms with Crippen LogP contribution in [0.4, 0.5) is 4.39 Å². The standard InChI is InChI=1S/C20H15FN2O4/c1-12(24)23-11-18(25)22-17(20(23)27)10-13-3-2-4-15(9-13)19(26)14-5-7-16(21)8-6-14/h2-10H,11H2,1H3,(H,22,25)/b17-10-. The maximum atomic E-state index is 13.0. The molecular weight excluding hydrogens is 351 g/mol. The van der Waals surface area contributed by atoms with Crippen molar-refractivity contribution >= 4 is 29.6 Å². The van der Waals surface area contributed by atoms with Crippen LogP contribution in [0, 0.1) is 5.82 Å². The maximum absolute atomic E-state index is 13.0. The van der Waals surface area contributed by atoms with Crippen molar-refractivity contribution < 1.29 is 23.6 Å². The van der Waals surface area contributed by atoms with Crippen molar-refractivity contribution in [1.29, 1.82) is 0 Å². The molecule has 2 aromatic carbocycles. The number of carbonyl (C=O) groups is 4. The van der Waals surface area contributed by atoms with E-state index in [4.69, 9.17) is 0 Å². The van der Waals surface area contributed by atoms with Crippen LogP contribution in [0.3, 0.4) is 0 Å². The molecule has 1 aliphatic rings. The molecule has 2 aromatic rings. The minimum Gasteiger partial charge on any atom is -0.320 e. The molecule has 0 spiro atoms. The third-order valence-electron chi connectivity index (χ3n) is 4.00. The van der Waals surface area contributed by atoms with Gasteiger partial charge in [0, 0.05) is 18.1 Å². The highest BCUT2D eigenvalue weighted by Gasteiger charge is 2.30. The molecule has 3 rings (SSSR count). The van der Waals surface area contributed by atoms with Crippen molar-refractivity contribution in [1.82, 2.24) is 10.2 Å². The third kappa shape index (κ3) is 3.98. The van der Waals surface area contributed by atoms with Gasteiger partial charge in [-0.3, -0.25) is 24.1 Å². The van der Waals surface area contributed by atoms with Crippen molar-refractivity contribution in [3.05, 3.63) is 76.7 Å². The summed E-state index contributed by atoms with van der Waals surface area (Å²) in [6.45, 7) is 0.880. The quantitative estimate of drug-likeness (QED) is 0.664. The van der Waals surface area contributed by atoms with Crippen LogP contribution in [0.25, 0.3) is 6.08 Å². The largest absolute Gasteiger partial charge is 0.320 e. The highest BCUT2D eigenvalue weighted by atomic mass is 19.1. The van der Waals surface area contributed by atoms with Gasteiger partial charge in [0.15, 0.2) is 5.78 Å². The second kappa shape index (κ2) is 7.33. The van der Waals surface area contributed by atoms with Gasteiger partial charge in [-0.1, -0.05) is 18.2 Å². The van der Waals surface area contributed by atoms with E-state index in [1.54, 1.807) is 24.3 Å². The number of imide groups is 1. The van der Waals surface area contributed by atoms with E-state index in [-0.39, 0.29) is 18.0 Å². The van der Waals surface area contributed by atoms with Crippen LogP contribution >= 0.6 is 0 Å². The Morgan fingerprint density at radius 1 is 1.07 bits per heavy atom. The lowest BCUT2D eigenvalue weighted by atomic mass is 10.0. The van der Waals surface area contributed by atoms with E-state index in [1.165, 1.54) is 37.3 Å². The van der Waals surface area contributed by atoms with Crippen LogP contribution in [-0.4, -0.2) is 34.9 Å². The summed E-state index contributed by atoms with van der Waals surface area (Å²) in [4.78, 5) is 48.9. The molecule has 3 amide bonds. The van der Waals surface area contributed by atoms with Gasteiger partial charge in [-0.2, -0.15) is 0 Å². The number of halogens is 1. The molecule has 1 heterocycles. The first-order chi connectivity index (χ1) is 12.8. The molecule has 7 heteroatoms. The Bertz CT molecular complexity index is 980. The summed E-state index contributed by atoms with van der Waals surface area (Å²) in [6.07, 6.45) is 1.40. The SMILES string of the molecule is CC(=O)N1CC(=O)N/C(=C\c2cccc(C(=O)c3ccc(F)cc3)c2)C1=O. The molecule has 27 heavy (non-hydrogen) atoms. The second-order valence-corrected chi connectivity index (χ2v) is 5.98. The van der Waals surface area contributed by atoms with Gasteiger partial charge in [-0.15, -0.1) is 0 Å². The Morgan fingerprint density at radius 3 is 2.44 bits per heavy atom. The van der Waals surface area contributed by atoms with E-state index in [9.17, 15) is 23.6 Å². The van der Waals surface area contributed by atoms with Gasteiger partial charge in [0.2, 0.25) is 11.8 Å². The Hall–Kier alpha value is -3.61. The monoisotopic (exact) mass is 366 g/mol. The van der Waals surface area contributed by atoms with E-state index >= 15 is 0 Å². The highest BCUT2D eigenvalue weighted by molar-refractivity contribution is 6.13. The normalized spacial score (nSPS) is 15.6. The van der Waals surface area contributed by atoms with Crippen molar-refractivity contribution in [2.75, 3.05) is 6.54 Å². The molecule has 1 saturated heterocycles. The number of carbonyl (C=O) groups excluding carboxylic acids is 4. The third-order valence-corrected chi connectivity index (χ3v) is 4.00. The topological polar surface area (TPSA) is 83.6 Å². The maximum Gasteiger partial charge on any atom is 0.277 e. The Kier molecular flexibility index (Phi) is 4.94. The second-order valence-electron chi connectivity index (χ2n) is 5.98. The zero-order valence-corrected chi connectivity index (χ0v) is 14.4. The summed E-state index contributed by atoms with van der Waals surface area (Å²) < 4.78 is 13.0. The summed E-state index contributed by atoms with van der Waals surface area (Å²) in [5, 5.41) is 2.44. The summed E-state index contributed by atoms with van der Waals surface area (Å²) in [5.74, 6) is -2.36. The van der Waals surface area contributed by atoms with Crippen LogP contribution in [0.2, 0.25) is 0 Å². The zero-order valence-electron chi connectivity index (χ0n) is 14.4. The number of ketones is 1. The first kappa shape index (κ1) is 18.2. The molecule has 0 aromatic heterocycles. The van der Waals surface area contributed by atoms with Crippen LogP contribution in [-0.2, 0) is 14.4 Å².